The number of aliphatic carboxylic acids is 2. The molecule has 4 rings (SSSR count). The molecule has 0 unspecified atom stereocenters. The van der Waals surface area contributed by atoms with Crippen molar-refractivity contribution in [2.24, 2.45) is 11.5 Å². The smallest absolute Gasteiger partial charge is 0.479 e. The minimum atomic E-state index is -5.08. The molecule has 7 N–H and O–H groups in total. The normalized spacial score (nSPS) is 11.0. The Bertz CT molecular complexity index is 1500. The van der Waals surface area contributed by atoms with Gasteiger partial charge in [0.1, 0.15) is 0 Å². The molecule has 1 aromatic heterocycles. The molecular weight excluding hydrogens is 577 g/mol. The van der Waals surface area contributed by atoms with Crippen LogP contribution in [-0.2, 0) is 16.1 Å². The first-order valence-electron chi connectivity index (χ1n) is 11.8. The van der Waals surface area contributed by atoms with Gasteiger partial charge in [-0.2, -0.15) is 13.2 Å². The molecule has 0 aliphatic rings. The van der Waals surface area contributed by atoms with Crippen LogP contribution in [0.2, 0.25) is 0 Å². The maximum absolute atomic E-state index is 12.2. The van der Waals surface area contributed by atoms with Gasteiger partial charge in [-0.05, 0) is 28.8 Å². The highest BCUT2D eigenvalue weighted by molar-refractivity contribution is 7.16. The number of aromatic nitrogens is 1. The van der Waals surface area contributed by atoms with Crippen LogP contribution < -0.4 is 16.8 Å². The lowest BCUT2D eigenvalue weighted by atomic mass is 10.1. The zero-order valence-electron chi connectivity index (χ0n) is 21.6. The molecule has 0 fully saturated rings. The van der Waals surface area contributed by atoms with Crippen LogP contribution in [0.3, 0.4) is 0 Å². The summed E-state index contributed by atoms with van der Waals surface area (Å²) >= 11 is 1.31. The van der Waals surface area contributed by atoms with Crippen LogP contribution in [0.5, 0.6) is 0 Å². The van der Waals surface area contributed by atoms with Crippen molar-refractivity contribution >= 4 is 35.1 Å². The molecule has 3 aromatic carbocycles. The molecule has 42 heavy (non-hydrogen) atoms. The summed E-state index contributed by atoms with van der Waals surface area (Å²) < 4.78 is 31.7. The minimum Gasteiger partial charge on any atom is -0.479 e. The van der Waals surface area contributed by atoms with Crippen molar-refractivity contribution < 1.29 is 42.6 Å². The molecule has 2 amide bonds. The van der Waals surface area contributed by atoms with Gasteiger partial charge in [0, 0.05) is 18.3 Å². The summed E-state index contributed by atoms with van der Waals surface area (Å²) in [6.45, 7) is 0.322. The predicted molar refractivity (Wildman–Crippen MR) is 148 cm³/mol. The highest BCUT2D eigenvalue weighted by Gasteiger charge is 2.38. The number of nitrogens with zero attached hydrogens (tertiary/aromatic N) is 1. The monoisotopic (exact) mass is 602 g/mol. The average molecular weight is 603 g/mol. The van der Waals surface area contributed by atoms with Gasteiger partial charge in [-0.15, -0.1) is 11.3 Å². The Balaban J connectivity index is 0.000000252. The number of benzene rings is 3. The van der Waals surface area contributed by atoms with E-state index in [1.807, 2.05) is 36.4 Å². The number of primary amides is 1. The number of carbonyl (C=O) groups is 4. The van der Waals surface area contributed by atoms with E-state index in [1.165, 1.54) is 11.3 Å². The number of hydrogen-bond donors (Lipinski definition) is 5. The fraction of sp³-hybridized carbons (Fsp3) is 0.107. The van der Waals surface area contributed by atoms with Gasteiger partial charge in [0.05, 0.1) is 4.88 Å². The van der Waals surface area contributed by atoms with Crippen LogP contribution in [0.1, 0.15) is 37.3 Å². The third-order valence-electron chi connectivity index (χ3n) is 5.10. The van der Waals surface area contributed by atoms with E-state index in [-0.39, 0.29) is 0 Å². The second-order valence-electron chi connectivity index (χ2n) is 8.12. The third kappa shape index (κ3) is 10.5. The zero-order valence-corrected chi connectivity index (χ0v) is 22.4. The number of alkyl halides is 3. The number of carboxylic acid groups (broad SMARTS) is 2. The number of amides is 2. The van der Waals surface area contributed by atoms with E-state index in [2.05, 4.69) is 10.3 Å². The predicted octanol–water partition coefficient (Wildman–Crippen LogP) is 4.24. The number of nitrogens with one attached hydrogen (secondary N) is 1. The second kappa shape index (κ2) is 15.6. The number of nitrogens with two attached hydrogens (primary N) is 2. The molecule has 0 saturated heterocycles. The molecular formula is C28H25F3N4O6S. The zero-order chi connectivity index (χ0) is 31.3. The Morgan fingerprint density at radius 3 is 1.95 bits per heavy atom. The number of halogens is 3. The summed E-state index contributed by atoms with van der Waals surface area (Å²) in [7, 11) is 0. The molecule has 1 heterocycles. The molecule has 0 aliphatic carbocycles. The van der Waals surface area contributed by atoms with Crippen molar-refractivity contribution in [3.8, 4) is 10.4 Å². The van der Waals surface area contributed by atoms with E-state index in [4.69, 9.17) is 21.4 Å². The van der Waals surface area contributed by atoms with Gasteiger partial charge in [0.25, 0.3) is 11.8 Å². The number of rotatable bonds is 7. The van der Waals surface area contributed by atoms with Crippen molar-refractivity contribution in [2.45, 2.75) is 18.8 Å². The first kappa shape index (κ1) is 33.1. The Labute approximate surface area is 241 Å². The van der Waals surface area contributed by atoms with Crippen LogP contribution in [-0.4, -0.2) is 45.1 Å². The topological polar surface area (TPSA) is 186 Å². The van der Waals surface area contributed by atoms with Gasteiger partial charge in [-0.1, -0.05) is 72.8 Å². The molecule has 220 valence electrons. The molecule has 14 heteroatoms. The quantitative estimate of drug-likeness (QED) is 0.208. The summed E-state index contributed by atoms with van der Waals surface area (Å²) in [4.78, 5) is 48.1. The lowest BCUT2D eigenvalue weighted by Crippen LogP contribution is -2.33. The largest absolute Gasteiger partial charge is 0.490 e. The minimum absolute atomic E-state index is 0.322. The highest BCUT2D eigenvalue weighted by atomic mass is 32.1. The van der Waals surface area contributed by atoms with Crippen molar-refractivity contribution in [1.29, 1.82) is 0 Å². The van der Waals surface area contributed by atoms with Gasteiger partial charge in [0.2, 0.25) is 0 Å². The Kier molecular flexibility index (Phi) is 12.3. The van der Waals surface area contributed by atoms with E-state index >= 15 is 0 Å². The maximum Gasteiger partial charge on any atom is 0.490 e. The van der Waals surface area contributed by atoms with Crippen molar-refractivity contribution in [3.05, 3.63) is 113 Å². The van der Waals surface area contributed by atoms with E-state index in [1.54, 1.807) is 54.7 Å². The molecule has 0 aliphatic heterocycles. The second-order valence-corrected chi connectivity index (χ2v) is 9.15. The van der Waals surface area contributed by atoms with Gasteiger partial charge >= 0.3 is 18.1 Å². The van der Waals surface area contributed by atoms with E-state index in [0.717, 1.165) is 16.0 Å². The van der Waals surface area contributed by atoms with Crippen LogP contribution in [0, 0.1) is 0 Å². The van der Waals surface area contributed by atoms with Crippen molar-refractivity contribution in [1.82, 2.24) is 10.3 Å². The molecule has 0 radical (unpaired) electrons. The Morgan fingerprint density at radius 2 is 1.48 bits per heavy atom. The van der Waals surface area contributed by atoms with E-state index < -0.39 is 36.0 Å². The summed E-state index contributed by atoms with van der Waals surface area (Å²) in [6.07, 6.45) is -3.42. The SMILES string of the molecule is NC(=O)c1ncc(-c2ccccc2)s1.NCc1cccc(C(=O)N[C@@H](C(=O)O)c2ccccc2)c1.O=C(O)C(F)(F)F. The number of thiazole rings is 1. The third-order valence-corrected chi connectivity index (χ3v) is 6.16. The van der Waals surface area contributed by atoms with Crippen molar-refractivity contribution in [3.63, 3.8) is 0 Å². The van der Waals surface area contributed by atoms with Crippen LogP contribution >= 0.6 is 11.3 Å². The van der Waals surface area contributed by atoms with Gasteiger partial charge in [0.15, 0.2) is 11.0 Å². The van der Waals surface area contributed by atoms with E-state index in [0.29, 0.717) is 22.7 Å². The highest BCUT2D eigenvalue weighted by Crippen LogP contribution is 2.25. The molecule has 1 atom stereocenters. The standard InChI is InChI=1S/C16H16N2O3.C10H8N2OS.C2HF3O2/c17-10-11-5-4-8-13(9-11)15(19)18-14(16(20)21)12-6-2-1-3-7-12;11-9(13)10-12-6-8(14-10)7-4-2-1-3-5-7;3-2(4,5)1(6)7/h1-9,14H,10,17H2,(H,18,19)(H,20,21);1-6H,(H2,11,13);(H,6,7)/t14-;;/m1../s1. The summed E-state index contributed by atoms with van der Waals surface area (Å²) in [6, 6.07) is 24.1. The van der Waals surface area contributed by atoms with Crippen LogP contribution in [0.15, 0.2) is 91.1 Å². The summed E-state index contributed by atoms with van der Waals surface area (Å²) in [5, 5.41) is 19.3. The van der Waals surface area contributed by atoms with Crippen LogP contribution in [0.25, 0.3) is 10.4 Å². The lowest BCUT2D eigenvalue weighted by molar-refractivity contribution is -0.192. The number of carbonyl (C=O) groups excluding carboxylic acids is 2. The fourth-order valence-electron chi connectivity index (χ4n) is 3.11. The molecule has 4 aromatic rings. The van der Waals surface area contributed by atoms with Gasteiger partial charge < -0.3 is 27.0 Å². The molecule has 0 saturated carbocycles. The molecule has 0 bridgehead atoms. The summed E-state index contributed by atoms with van der Waals surface area (Å²) in [5.74, 6) is -4.78. The average Bonchev–Trinajstić information content (AvgIpc) is 3.48. The van der Waals surface area contributed by atoms with Gasteiger partial charge in [-0.3, -0.25) is 9.59 Å². The van der Waals surface area contributed by atoms with Crippen molar-refractivity contribution in [2.75, 3.05) is 0 Å². The molecule has 0 spiro atoms. The number of carboxylic acids is 2. The Hall–Kier alpha value is -5.08. The van der Waals surface area contributed by atoms with E-state index in [9.17, 15) is 32.7 Å². The number of hydrogen-bond acceptors (Lipinski definition) is 7. The molecule has 10 nitrogen and oxygen atoms in total. The summed E-state index contributed by atoms with van der Waals surface area (Å²) in [5.41, 5.74) is 13.4. The maximum atomic E-state index is 12.2. The Morgan fingerprint density at radius 1 is 0.905 bits per heavy atom. The lowest BCUT2D eigenvalue weighted by Gasteiger charge is -2.15. The first-order valence-corrected chi connectivity index (χ1v) is 12.6. The van der Waals surface area contributed by atoms with Gasteiger partial charge in [-0.25, -0.2) is 14.6 Å². The fourth-order valence-corrected chi connectivity index (χ4v) is 3.88. The first-order chi connectivity index (χ1) is 19.8. The van der Waals surface area contributed by atoms with Crippen LogP contribution in [0.4, 0.5) is 13.2 Å².